The van der Waals surface area contributed by atoms with Gasteiger partial charge in [-0.05, 0) is 44.4 Å². The predicted molar refractivity (Wildman–Crippen MR) is 111 cm³/mol. The monoisotopic (exact) mass is 455 g/mol. The summed E-state index contributed by atoms with van der Waals surface area (Å²) in [5, 5.41) is 3.62. The van der Waals surface area contributed by atoms with Gasteiger partial charge in [0.05, 0.1) is 17.2 Å². The van der Waals surface area contributed by atoms with E-state index in [0.717, 1.165) is 0 Å². The normalized spacial score (nSPS) is 18.0. The third kappa shape index (κ3) is 4.63. The minimum Gasteiger partial charge on any atom is -0.432 e. The van der Waals surface area contributed by atoms with Crippen LogP contribution >= 0.6 is 23.2 Å². The highest BCUT2D eigenvalue weighted by molar-refractivity contribution is 6.38. The van der Waals surface area contributed by atoms with E-state index in [4.69, 9.17) is 37.4 Å². The number of nitrogens with one attached hydrogen (secondary N) is 1. The maximum absolute atomic E-state index is 13.0. The van der Waals surface area contributed by atoms with Gasteiger partial charge in [0.1, 0.15) is 17.9 Å². The lowest BCUT2D eigenvalue weighted by Gasteiger charge is -2.34. The van der Waals surface area contributed by atoms with Gasteiger partial charge in [0.2, 0.25) is 0 Å². The van der Waals surface area contributed by atoms with Gasteiger partial charge < -0.3 is 19.5 Å². The maximum Gasteiger partial charge on any atom is 0.513 e. The first-order chi connectivity index (χ1) is 14.3. The highest BCUT2D eigenvalue weighted by Gasteiger charge is 2.50. The molecule has 0 aromatic heterocycles. The van der Waals surface area contributed by atoms with E-state index < -0.39 is 17.6 Å². The lowest BCUT2D eigenvalue weighted by molar-refractivity contribution is -0.123. The van der Waals surface area contributed by atoms with E-state index >= 15 is 0 Å². The molecule has 1 aliphatic heterocycles. The van der Waals surface area contributed by atoms with Gasteiger partial charge >= 0.3 is 6.16 Å². The van der Waals surface area contributed by atoms with Gasteiger partial charge in [0.15, 0.2) is 5.76 Å². The third-order valence-electron chi connectivity index (χ3n) is 5.24. The van der Waals surface area contributed by atoms with Crippen LogP contribution in [0.25, 0.3) is 5.57 Å². The molecule has 7 nitrogen and oxygen atoms in total. The number of rotatable bonds is 6. The van der Waals surface area contributed by atoms with Crippen LogP contribution < -0.4 is 5.32 Å². The van der Waals surface area contributed by atoms with Crippen LogP contribution in [0.1, 0.15) is 43.7 Å². The third-order valence-corrected chi connectivity index (χ3v) is 5.76. The fourth-order valence-electron chi connectivity index (χ4n) is 3.82. The van der Waals surface area contributed by atoms with E-state index in [2.05, 4.69) is 5.32 Å². The number of halogens is 2. The standard InChI is InChI=1S/C21H23Cl2NO6/c1-3-28-8-9-29-20(27)30-18-17(16-12(2)10-13(22)11-15(16)23)19(26)24-21(18)6-4-14(25)5-7-21/h10-11H,3-9H2,1-2H3,(H,24,26). The molecule has 1 saturated carbocycles. The number of benzene rings is 1. The Morgan fingerprint density at radius 3 is 2.50 bits per heavy atom. The van der Waals surface area contributed by atoms with E-state index in [1.165, 1.54) is 6.07 Å². The molecule has 2 aliphatic rings. The molecule has 1 aliphatic carbocycles. The van der Waals surface area contributed by atoms with Crippen LogP contribution in [0.15, 0.2) is 17.9 Å². The number of carbonyl (C=O) groups is 3. The van der Waals surface area contributed by atoms with Gasteiger partial charge in [-0.3, -0.25) is 9.59 Å². The van der Waals surface area contributed by atoms with Crippen LogP contribution in [0.4, 0.5) is 4.79 Å². The summed E-state index contributed by atoms with van der Waals surface area (Å²) in [5.41, 5.74) is 0.288. The van der Waals surface area contributed by atoms with E-state index in [0.29, 0.717) is 35.6 Å². The Hall–Kier alpha value is -2.09. The molecule has 1 N–H and O–H groups in total. The average Bonchev–Trinajstić information content (AvgIpc) is 2.92. The van der Waals surface area contributed by atoms with Crippen LogP contribution in [-0.2, 0) is 23.8 Å². The summed E-state index contributed by atoms with van der Waals surface area (Å²) in [6.07, 6.45) is 0.248. The van der Waals surface area contributed by atoms with Crippen LogP contribution in [0, 0.1) is 6.92 Å². The smallest absolute Gasteiger partial charge is 0.432 e. The van der Waals surface area contributed by atoms with Gasteiger partial charge in [-0.15, -0.1) is 0 Å². The van der Waals surface area contributed by atoms with Gasteiger partial charge in [-0.1, -0.05) is 23.2 Å². The van der Waals surface area contributed by atoms with Crippen molar-refractivity contribution in [3.05, 3.63) is 39.1 Å². The number of hydrogen-bond acceptors (Lipinski definition) is 6. The SMILES string of the molecule is CCOCCOC(=O)OC1=C(c2c(C)cc(Cl)cc2Cl)C(=O)NC12CCC(=O)CC2. The second-order valence-corrected chi connectivity index (χ2v) is 8.10. The number of carbonyl (C=O) groups excluding carboxylic acids is 3. The van der Waals surface area contributed by atoms with Crippen LogP contribution in [0.3, 0.4) is 0 Å². The van der Waals surface area contributed by atoms with Crippen molar-refractivity contribution >= 4 is 46.6 Å². The Balaban J connectivity index is 2.01. The van der Waals surface area contributed by atoms with Crippen molar-refractivity contribution in [2.24, 2.45) is 0 Å². The summed E-state index contributed by atoms with van der Waals surface area (Å²) in [7, 11) is 0. The molecule has 30 heavy (non-hydrogen) atoms. The molecule has 3 rings (SSSR count). The van der Waals surface area contributed by atoms with Crippen molar-refractivity contribution in [2.45, 2.75) is 45.1 Å². The quantitative estimate of drug-likeness (QED) is 0.510. The molecule has 1 fully saturated rings. The number of Topliss-reactive ketones (excluding diaryl/α,β-unsaturated/α-hetero) is 1. The molecule has 162 valence electrons. The van der Waals surface area contributed by atoms with E-state index in [9.17, 15) is 14.4 Å². The van der Waals surface area contributed by atoms with Crippen molar-refractivity contribution in [3.8, 4) is 0 Å². The first kappa shape index (κ1) is 22.6. The van der Waals surface area contributed by atoms with Crippen molar-refractivity contribution in [3.63, 3.8) is 0 Å². The van der Waals surface area contributed by atoms with Crippen LogP contribution in [0.5, 0.6) is 0 Å². The topological polar surface area (TPSA) is 90.9 Å². The number of hydrogen-bond donors (Lipinski definition) is 1. The highest BCUT2D eigenvalue weighted by atomic mass is 35.5. The van der Waals surface area contributed by atoms with Crippen molar-refractivity contribution < 1.29 is 28.6 Å². The van der Waals surface area contributed by atoms with Gasteiger partial charge in [-0.25, -0.2) is 4.79 Å². The summed E-state index contributed by atoms with van der Waals surface area (Å²) in [5.74, 6) is -0.190. The number of ether oxygens (including phenoxy) is 3. The molecule has 0 saturated heterocycles. The summed E-state index contributed by atoms with van der Waals surface area (Å²) in [4.78, 5) is 37.2. The number of aryl methyl sites for hydroxylation is 1. The van der Waals surface area contributed by atoms with E-state index in [-0.39, 0.29) is 48.2 Å². The minimum atomic E-state index is -0.964. The number of ketones is 1. The molecular weight excluding hydrogens is 433 g/mol. The largest absolute Gasteiger partial charge is 0.513 e. The molecule has 1 heterocycles. The molecule has 0 bridgehead atoms. The minimum absolute atomic E-state index is 0.0167. The zero-order valence-corrected chi connectivity index (χ0v) is 18.3. The average molecular weight is 456 g/mol. The maximum atomic E-state index is 13.0. The van der Waals surface area contributed by atoms with Crippen molar-refractivity contribution in [2.75, 3.05) is 19.8 Å². The Kier molecular flexibility index (Phi) is 7.06. The molecule has 1 aromatic carbocycles. The van der Waals surface area contributed by atoms with Gasteiger partial charge in [0.25, 0.3) is 5.91 Å². The summed E-state index contributed by atoms with van der Waals surface area (Å²) in [6.45, 7) is 4.34. The van der Waals surface area contributed by atoms with Crippen LogP contribution in [-0.4, -0.2) is 43.2 Å². The van der Waals surface area contributed by atoms with Crippen molar-refractivity contribution in [1.29, 1.82) is 0 Å². The molecule has 0 radical (unpaired) electrons. The van der Waals surface area contributed by atoms with Crippen LogP contribution in [0.2, 0.25) is 10.0 Å². The summed E-state index contributed by atoms with van der Waals surface area (Å²) in [6, 6.07) is 3.20. The lowest BCUT2D eigenvalue weighted by Crippen LogP contribution is -2.48. The zero-order chi connectivity index (χ0) is 21.9. The van der Waals surface area contributed by atoms with Gasteiger partial charge in [-0.2, -0.15) is 0 Å². The summed E-state index contributed by atoms with van der Waals surface area (Å²) >= 11 is 12.5. The Labute approximate surface area is 184 Å². The first-order valence-corrected chi connectivity index (χ1v) is 10.5. The Morgan fingerprint density at radius 2 is 1.87 bits per heavy atom. The second kappa shape index (κ2) is 9.37. The Bertz CT molecular complexity index is 878. The van der Waals surface area contributed by atoms with E-state index in [1.54, 1.807) is 13.0 Å². The molecule has 1 spiro atoms. The molecular formula is C21H23Cl2NO6. The highest BCUT2D eigenvalue weighted by Crippen LogP contribution is 2.45. The predicted octanol–water partition coefficient (Wildman–Crippen LogP) is 4.21. The molecule has 9 heteroatoms. The zero-order valence-electron chi connectivity index (χ0n) is 16.8. The van der Waals surface area contributed by atoms with Gasteiger partial charge in [0, 0.05) is 30.0 Å². The van der Waals surface area contributed by atoms with E-state index in [1.807, 2.05) is 6.92 Å². The fraction of sp³-hybridized carbons (Fsp3) is 0.476. The first-order valence-electron chi connectivity index (χ1n) is 9.74. The number of amides is 1. The lowest BCUT2D eigenvalue weighted by atomic mass is 9.79. The fourth-order valence-corrected chi connectivity index (χ4v) is 4.51. The molecule has 1 amide bonds. The molecule has 0 unspecified atom stereocenters. The summed E-state index contributed by atoms with van der Waals surface area (Å²) < 4.78 is 15.8. The Morgan fingerprint density at radius 1 is 1.17 bits per heavy atom. The van der Waals surface area contributed by atoms with Crippen molar-refractivity contribution in [1.82, 2.24) is 5.32 Å². The second-order valence-electron chi connectivity index (χ2n) is 7.26. The molecule has 0 atom stereocenters. The molecule has 1 aromatic rings.